The normalized spacial score (nSPS) is 29.1. The van der Waals surface area contributed by atoms with Crippen LogP contribution in [0.25, 0.3) is 0 Å². The van der Waals surface area contributed by atoms with Gasteiger partial charge in [0.25, 0.3) is 0 Å². The van der Waals surface area contributed by atoms with Crippen LogP contribution in [-0.2, 0) is 4.79 Å². The number of carbonyl (C=O) groups is 2. The molecule has 2 N–H and O–H groups in total. The van der Waals surface area contributed by atoms with Crippen molar-refractivity contribution < 1.29 is 14.7 Å². The standard InChI is InChI=1S/C16H28N2O3/c1-16(2,3)8-9-17-15(21)18-12-7-5-4-6-11(12)10-13(18)14(19)20/h11-13H,4-10H2,1-3H3,(H,17,21)(H,19,20). The van der Waals surface area contributed by atoms with Gasteiger partial charge in [0, 0.05) is 12.6 Å². The fourth-order valence-corrected chi connectivity index (χ4v) is 3.61. The molecule has 1 aliphatic heterocycles. The Kier molecular flexibility index (Phi) is 4.79. The lowest BCUT2D eigenvalue weighted by molar-refractivity contribution is -0.141. The first-order valence-electron chi connectivity index (χ1n) is 8.08. The fourth-order valence-electron chi connectivity index (χ4n) is 3.61. The quantitative estimate of drug-likeness (QED) is 0.841. The summed E-state index contributed by atoms with van der Waals surface area (Å²) in [4.78, 5) is 25.5. The molecule has 0 aromatic carbocycles. The predicted molar refractivity (Wildman–Crippen MR) is 81.1 cm³/mol. The summed E-state index contributed by atoms with van der Waals surface area (Å²) in [7, 11) is 0. The van der Waals surface area contributed by atoms with Crippen molar-refractivity contribution >= 4 is 12.0 Å². The van der Waals surface area contributed by atoms with Crippen LogP contribution >= 0.6 is 0 Å². The monoisotopic (exact) mass is 296 g/mol. The zero-order valence-electron chi connectivity index (χ0n) is 13.4. The van der Waals surface area contributed by atoms with Crippen LogP contribution in [0, 0.1) is 11.3 Å². The predicted octanol–water partition coefficient (Wildman–Crippen LogP) is 2.85. The van der Waals surface area contributed by atoms with Gasteiger partial charge in [-0.25, -0.2) is 9.59 Å². The molecule has 120 valence electrons. The van der Waals surface area contributed by atoms with Gasteiger partial charge in [-0.05, 0) is 37.0 Å². The largest absolute Gasteiger partial charge is 0.480 e. The molecule has 1 heterocycles. The van der Waals surface area contributed by atoms with Gasteiger partial charge in [0.2, 0.25) is 0 Å². The summed E-state index contributed by atoms with van der Waals surface area (Å²) in [6, 6.07) is -0.719. The van der Waals surface area contributed by atoms with E-state index < -0.39 is 12.0 Å². The van der Waals surface area contributed by atoms with Gasteiger partial charge >= 0.3 is 12.0 Å². The molecule has 0 bridgehead atoms. The first-order valence-corrected chi connectivity index (χ1v) is 8.08. The van der Waals surface area contributed by atoms with Crippen LogP contribution in [0.3, 0.4) is 0 Å². The number of carboxylic acids is 1. The number of carbonyl (C=O) groups excluding carboxylic acids is 1. The van der Waals surface area contributed by atoms with Crippen molar-refractivity contribution in [3.63, 3.8) is 0 Å². The van der Waals surface area contributed by atoms with Gasteiger partial charge in [-0.15, -0.1) is 0 Å². The minimum absolute atomic E-state index is 0.120. The van der Waals surface area contributed by atoms with Gasteiger partial charge < -0.3 is 15.3 Å². The Hall–Kier alpha value is -1.26. The van der Waals surface area contributed by atoms with Crippen molar-refractivity contribution in [2.75, 3.05) is 6.54 Å². The minimum atomic E-state index is -0.865. The lowest BCUT2D eigenvalue weighted by Gasteiger charge is -2.33. The van der Waals surface area contributed by atoms with E-state index in [1.54, 1.807) is 4.90 Å². The highest BCUT2D eigenvalue weighted by Crippen LogP contribution is 2.39. The van der Waals surface area contributed by atoms with E-state index in [4.69, 9.17) is 0 Å². The molecule has 2 amide bonds. The third-order valence-electron chi connectivity index (χ3n) is 4.76. The molecule has 0 aromatic heterocycles. The van der Waals surface area contributed by atoms with Crippen LogP contribution in [0.5, 0.6) is 0 Å². The number of hydrogen-bond donors (Lipinski definition) is 2. The van der Waals surface area contributed by atoms with E-state index in [0.29, 0.717) is 18.9 Å². The number of rotatable bonds is 3. The summed E-state index contributed by atoms with van der Waals surface area (Å²) in [6.07, 6.45) is 5.76. The molecule has 5 heteroatoms. The second-order valence-corrected chi connectivity index (χ2v) is 7.65. The lowest BCUT2D eigenvalue weighted by Crippen LogP contribution is -2.51. The molecule has 2 fully saturated rings. The third-order valence-corrected chi connectivity index (χ3v) is 4.76. The first kappa shape index (κ1) is 16.1. The Morgan fingerprint density at radius 3 is 2.52 bits per heavy atom. The molecule has 5 nitrogen and oxygen atoms in total. The number of amides is 2. The fraction of sp³-hybridized carbons (Fsp3) is 0.875. The highest BCUT2D eigenvalue weighted by molar-refractivity contribution is 5.83. The van der Waals surface area contributed by atoms with Gasteiger partial charge in [0.1, 0.15) is 6.04 Å². The van der Waals surface area contributed by atoms with E-state index >= 15 is 0 Å². The maximum Gasteiger partial charge on any atom is 0.326 e. The Balaban J connectivity index is 2.00. The Morgan fingerprint density at radius 1 is 1.24 bits per heavy atom. The zero-order valence-corrected chi connectivity index (χ0v) is 13.4. The Labute approximate surface area is 127 Å². The number of carboxylic acid groups (broad SMARTS) is 1. The molecule has 0 spiro atoms. The van der Waals surface area contributed by atoms with Crippen molar-refractivity contribution in [2.24, 2.45) is 11.3 Å². The van der Waals surface area contributed by atoms with Crippen molar-refractivity contribution in [2.45, 2.75) is 71.4 Å². The molecule has 1 saturated heterocycles. The summed E-state index contributed by atoms with van der Waals surface area (Å²) in [5.74, 6) is -0.497. The maximum atomic E-state index is 12.5. The van der Waals surface area contributed by atoms with Crippen LogP contribution in [0.4, 0.5) is 4.79 Å². The summed E-state index contributed by atoms with van der Waals surface area (Å²) < 4.78 is 0. The van der Waals surface area contributed by atoms with Gasteiger partial charge in [-0.2, -0.15) is 0 Å². The van der Waals surface area contributed by atoms with E-state index in [1.807, 2.05) is 0 Å². The minimum Gasteiger partial charge on any atom is -0.480 e. The molecule has 3 atom stereocenters. The molecule has 2 aliphatic rings. The molecule has 0 aromatic rings. The van der Waals surface area contributed by atoms with E-state index in [9.17, 15) is 14.7 Å². The van der Waals surface area contributed by atoms with Crippen molar-refractivity contribution in [1.82, 2.24) is 10.2 Å². The van der Waals surface area contributed by atoms with Gasteiger partial charge in [-0.1, -0.05) is 33.6 Å². The molecule has 21 heavy (non-hydrogen) atoms. The van der Waals surface area contributed by atoms with Crippen LogP contribution in [0.1, 0.15) is 59.3 Å². The second-order valence-electron chi connectivity index (χ2n) is 7.65. The van der Waals surface area contributed by atoms with E-state index in [0.717, 1.165) is 32.1 Å². The Bertz CT molecular complexity index is 403. The number of nitrogens with zero attached hydrogens (tertiary/aromatic N) is 1. The summed E-state index contributed by atoms with van der Waals surface area (Å²) in [5, 5.41) is 12.3. The highest BCUT2D eigenvalue weighted by Gasteiger charge is 2.47. The molecule has 0 radical (unpaired) electrons. The van der Waals surface area contributed by atoms with Crippen LogP contribution in [-0.4, -0.2) is 40.6 Å². The SMILES string of the molecule is CC(C)(C)CCNC(=O)N1C(C(=O)O)CC2CCCCC21. The van der Waals surface area contributed by atoms with Gasteiger partial charge in [-0.3, -0.25) is 0 Å². The average Bonchev–Trinajstić information content (AvgIpc) is 2.76. The van der Waals surface area contributed by atoms with Crippen molar-refractivity contribution in [3.8, 4) is 0 Å². The smallest absolute Gasteiger partial charge is 0.326 e. The van der Waals surface area contributed by atoms with Gasteiger partial charge in [0.05, 0.1) is 0 Å². The van der Waals surface area contributed by atoms with Crippen LogP contribution < -0.4 is 5.32 Å². The van der Waals surface area contributed by atoms with Gasteiger partial charge in [0.15, 0.2) is 0 Å². The van der Waals surface area contributed by atoms with Crippen LogP contribution in [0.2, 0.25) is 0 Å². The number of hydrogen-bond acceptors (Lipinski definition) is 2. The van der Waals surface area contributed by atoms with Crippen LogP contribution in [0.15, 0.2) is 0 Å². The number of urea groups is 1. The molecular weight excluding hydrogens is 268 g/mol. The topological polar surface area (TPSA) is 69.6 Å². The first-order chi connectivity index (χ1) is 9.79. The number of aliphatic carboxylic acids is 1. The van der Waals surface area contributed by atoms with E-state index in [-0.39, 0.29) is 17.5 Å². The molecule has 2 rings (SSSR count). The van der Waals surface area contributed by atoms with Crippen molar-refractivity contribution in [1.29, 1.82) is 0 Å². The molecule has 1 saturated carbocycles. The lowest BCUT2D eigenvalue weighted by atomic mass is 9.85. The highest BCUT2D eigenvalue weighted by atomic mass is 16.4. The molecular formula is C16H28N2O3. The Morgan fingerprint density at radius 2 is 1.90 bits per heavy atom. The average molecular weight is 296 g/mol. The van der Waals surface area contributed by atoms with E-state index in [1.165, 1.54) is 0 Å². The molecule has 3 unspecified atom stereocenters. The number of likely N-dealkylation sites (tertiary alicyclic amines) is 1. The summed E-state index contributed by atoms with van der Waals surface area (Å²) in [6.45, 7) is 6.99. The third kappa shape index (κ3) is 3.89. The second kappa shape index (κ2) is 6.24. The summed E-state index contributed by atoms with van der Waals surface area (Å²) >= 11 is 0. The van der Waals surface area contributed by atoms with Crippen molar-refractivity contribution in [3.05, 3.63) is 0 Å². The zero-order chi connectivity index (χ0) is 15.6. The summed E-state index contributed by atoms with van der Waals surface area (Å²) in [5.41, 5.74) is 0.165. The maximum absolute atomic E-state index is 12.5. The number of nitrogens with one attached hydrogen (secondary N) is 1. The molecule has 1 aliphatic carbocycles. The number of fused-ring (bicyclic) bond motifs is 1. The van der Waals surface area contributed by atoms with E-state index in [2.05, 4.69) is 26.1 Å².